The molecule has 1 N–H and O–H groups in total. The van der Waals surface area contributed by atoms with Crippen LogP contribution in [0, 0.1) is 5.92 Å². The predicted molar refractivity (Wildman–Crippen MR) is 89.3 cm³/mol. The summed E-state index contributed by atoms with van der Waals surface area (Å²) in [7, 11) is 0. The highest BCUT2D eigenvalue weighted by atomic mass is 16.1. The molecule has 5 nitrogen and oxygen atoms in total. The van der Waals surface area contributed by atoms with Gasteiger partial charge in [0.05, 0.1) is 11.9 Å². The van der Waals surface area contributed by atoms with Crippen molar-refractivity contribution < 1.29 is 4.79 Å². The van der Waals surface area contributed by atoms with Crippen molar-refractivity contribution in [1.82, 2.24) is 14.5 Å². The van der Waals surface area contributed by atoms with Crippen LogP contribution in [0.3, 0.4) is 0 Å². The molecule has 0 spiro atoms. The molecule has 23 heavy (non-hydrogen) atoms. The Morgan fingerprint density at radius 2 is 2.04 bits per heavy atom. The van der Waals surface area contributed by atoms with Gasteiger partial charge in [0.25, 0.3) is 0 Å². The summed E-state index contributed by atoms with van der Waals surface area (Å²) in [6.07, 6.45) is 7.57. The van der Waals surface area contributed by atoms with Crippen LogP contribution in [0.5, 0.6) is 0 Å². The second-order valence-corrected chi connectivity index (χ2v) is 5.46. The van der Waals surface area contributed by atoms with Crippen LogP contribution < -0.4 is 5.32 Å². The molecule has 0 saturated heterocycles. The van der Waals surface area contributed by atoms with Crippen LogP contribution in [0.2, 0.25) is 0 Å². The first kappa shape index (κ1) is 15.0. The summed E-state index contributed by atoms with van der Waals surface area (Å²) in [5, 5.41) is 2.91. The molecular weight excluding hydrogens is 288 g/mol. The molecule has 0 saturated carbocycles. The van der Waals surface area contributed by atoms with Crippen LogP contribution in [-0.4, -0.2) is 20.4 Å². The largest absolute Gasteiger partial charge is 0.324 e. The fourth-order valence-corrected chi connectivity index (χ4v) is 2.33. The Hall–Kier alpha value is -2.95. The molecule has 0 bridgehead atoms. The minimum atomic E-state index is -0.106. The van der Waals surface area contributed by atoms with E-state index in [2.05, 4.69) is 15.3 Å². The van der Waals surface area contributed by atoms with Crippen molar-refractivity contribution in [3.63, 3.8) is 0 Å². The molecule has 0 aliphatic heterocycles. The number of pyridine rings is 1. The Morgan fingerprint density at radius 1 is 1.22 bits per heavy atom. The molecule has 3 aromatic rings. The van der Waals surface area contributed by atoms with Gasteiger partial charge in [0, 0.05) is 18.3 Å². The molecule has 1 atom stereocenters. The number of hydrogen-bond donors (Lipinski definition) is 1. The molecule has 2 heterocycles. The van der Waals surface area contributed by atoms with Crippen LogP contribution in [-0.2, 0) is 11.2 Å². The number of nitrogens with one attached hydrogen (secondary N) is 1. The van der Waals surface area contributed by atoms with Crippen molar-refractivity contribution in [1.29, 1.82) is 0 Å². The van der Waals surface area contributed by atoms with Gasteiger partial charge >= 0.3 is 0 Å². The summed E-state index contributed by atoms with van der Waals surface area (Å²) in [6, 6.07) is 13.7. The van der Waals surface area contributed by atoms with E-state index in [1.807, 2.05) is 60.2 Å². The average molecular weight is 306 g/mol. The summed E-state index contributed by atoms with van der Waals surface area (Å²) in [6.45, 7) is 1.93. The second-order valence-electron chi connectivity index (χ2n) is 5.46. The lowest BCUT2D eigenvalue weighted by atomic mass is 10.0. The van der Waals surface area contributed by atoms with Crippen molar-refractivity contribution in [3.05, 3.63) is 72.9 Å². The van der Waals surface area contributed by atoms with Crippen LogP contribution in [0.4, 0.5) is 5.69 Å². The Morgan fingerprint density at radius 3 is 2.70 bits per heavy atom. The van der Waals surface area contributed by atoms with E-state index in [1.54, 1.807) is 18.7 Å². The standard InChI is InChI=1S/C18H18N4O/c1-14(11-15-5-3-2-4-6-15)18(23)21-16-7-8-17(20-12-16)22-10-9-19-13-22/h2-10,12-14H,11H2,1H3,(H,21,23)/t14-/m0/s1. The quantitative estimate of drug-likeness (QED) is 0.788. The molecule has 1 aromatic carbocycles. The van der Waals surface area contributed by atoms with Gasteiger partial charge in [-0.15, -0.1) is 0 Å². The molecule has 0 unspecified atom stereocenters. The van der Waals surface area contributed by atoms with Gasteiger partial charge in [0.15, 0.2) is 0 Å². The highest BCUT2D eigenvalue weighted by molar-refractivity contribution is 5.92. The zero-order valence-electron chi connectivity index (χ0n) is 12.9. The van der Waals surface area contributed by atoms with E-state index in [0.717, 1.165) is 11.4 Å². The zero-order chi connectivity index (χ0) is 16.1. The lowest BCUT2D eigenvalue weighted by Crippen LogP contribution is -2.22. The van der Waals surface area contributed by atoms with E-state index in [-0.39, 0.29) is 11.8 Å². The number of aromatic nitrogens is 3. The Bertz CT molecular complexity index is 751. The van der Waals surface area contributed by atoms with Crippen molar-refractivity contribution in [2.45, 2.75) is 13.3 Å². The van der Waals surface area contributed by atoms with Gasteiger partial charge in [0.2, 0.25) is 5.91 Å². The minimum absolute atomic E-state index is 0.00830. The van der Waals surface area contributed by atoms with Crippen molar-refractivity contribution in [2.24, 2.45) is 5.92 Å². The third-order valence-corrected chi connectivity index (χ3v) is 3.62. The van der Waals surface area contributed by atoms with E-state index in [4.69, 9.17) is 0 Å². The number of nitrogens with zero attached hydrogens (tertiary/aromatic N) is 3. The van der Waals surface area contributed by atoms with Gasteiger partial charge in [-0.2, -0.15) is 0 Å². The number of hydrogen-bond acceptors (Lipinski definition) is 3. The van der Waals surface area contributed by atoms with Gasteiger partial charge in [-0.05, 0) is 24.1 Å². The summed E-state index contributed by atoms with van der Waals surface area (Å²) in [5.74, 6) is 0.648. The topological polar surface area (TPSA) is 59.8 Å². The Kier molecular flexibility index (Phi) is 4.47. The number of imidazole rings is 1. The monoisotopic (exact) mass is 306 g/mol. The van der Waals surface area contributed by atoms with Crippen LogP contribution in [0.15, 0.2) is 67.4 Å². The molecule has 0 aliphatic carbocycles. The summed E-state index contributed by atoms with van der Waals surface area (Å²) < 4.78 is 1.81. The van der Waals surface area contributed by atoms with E-state index in [0.29, 0.717) is 12.1 Å². The van der Waals surface area contributed by atoms with E-state index >= 15 is 0 Å². The fraction of sp³-hybridized carbons (Fsp3) is 0.167. The number of anilines is 1. The molecule has 0 fully saturated rings. The minimum Gasteiger partial charge on any atom is -0.324 e. The highest BCUT2D eigenvalue weighted by Gasteiger charge is 2.13. The molecule has 116 valence electrons. The maximum absolute atomic E-state index is 12.3. The summed E-state index contributed by atoms with van der Waals surface area (Å²) in [4.78, 5) is 20.6. The number of amides is 1. The van der Waals surface area contributed by atoms with Gasteiger partial charge in [0.1, 0.15) is 12.1 Å². The average Bonchev–Trinajstić information content (AvgIpc) is 3.11. The van der Waals surface area contributed by atoms with Crippen LogP contribution in [0.1, 0.15) is 12.5 Å². The number of benzene rings is 1. The number of carbonyl (C=O) groups is 1. The maximum Gasteiger partial charge on any atom is 0.227 e. The molecule has 0 radical (unpaired) electrons. The van der Waals surface area contributed by atoms with Crippen molar-refractivity contribution >= 4 is 11.6 Å². The number of carbonyl (C=O) groups excluding carboxylic acids is 1. The van der Waals surface area contributed by atoms with Crippen molar-refractivity contribution in [2.75, 3.05) is 5.32 Å². The van der Waals surface area contributed by atoms with E-state index in [1.165, 1.54) is 0 Å². The first-order valence-corrected chi connectivity index (χ1v) is 7.51. The van der Waals surface area contributed by atoms with Gasteiger partial charge in [-0.1, -0.05) is 37.3 Å². The molecular formula is C18H18N4O. The molecule has 5 heteroatoms. The first-order chi connectivity index (χ1) is 11.2. The van der Waals surface area contributed by atoms with E-state index < -0.39 is 0 Å². The maximum atomic E-state index is 12.3. The van der Waals surface area contributed by atoms with Gasteiger partial charge in [-0.3, -0.25) is 9.36 Å². The zero-order valence-corrected chi connectivity index (χ0v) is 12.9. The smallest absolute Gasteiger partial charge is 0.227 e. The molecule has 1 amide bonds. The lowest BCUT2D eigenvalue weighted by Gasteiger charge is -2.12. The van der Waals surface area contributed by atoms with Crippen LogP contribution >= 0.6 is 0 Å². The second kappa shape index (κ2) is 6.87. The summed E-state index contributed by atoms with van der Waals surface area (Å²) in [5.41, 5.74) is 1.85. The molecule has 0 aliphatic rings. The van der Waals surface area contributed by atoms with Gasteiger partial charge < -0.3 is 5.32 Å². The SMILES string of the molecule is C[C@@H](Cc1ccccc1)C(=O)Nc1ccc(-n2ccnc2)nc1. The Labute approximate surface area is 135 Å². The predicted octanol–water partition coefficient (Wildman–Crippen LogP) is 3.08. The van der Waals surface area contributed by atoms with E-state index in [9.17, 15) is 4.79 Å². The lowest BCUT2D eigenvalue weighted by molar-refractivity contribution is -0.119. The third kappa shape index (κ3) is 3.83. The summed E-state index contributed by atoms with van der Waals surface area (Å²) >= 11 is 0. The first-order valence-electron chi connectivity index (χ1n) is 7.51. The fourth-order valence-electron chi connectivity index (χ4n) is 2.33. The van der Waals surface area contributed by atoms with Crippen molar-refractivity contribution in [3.8, 4) is 5.82 Å². The molecule has 3 rings (SSSR count). The highest BCUT2D eigenvalue weighted by Crippen LogP contribution is 2.13. The Balaban J connectivity index is 1.61. The van der Waals surface area contributed by atoms with Crippen LogP contribution in [0.25, 0.3) is 5.82 Å². The normalized spacial score (nSPS) is 11.9. The number of rotatable bonds is 5. The van der Waals surface area contributed by atoms with Gasteiger partial charge in [-0.25, -0.2) is 9.97 Å². The molecule has 2 aromatic heterocycles. The third-order valence-electron chi connectivity index (χ3n) is 3.62.